The molecule has 0 spiro atoms. The van der Waals surface area contributed by atoms with Crippen molar-refractivity contribution in [3.63, 3.8) is 0 Å². The molecule has 0 aliphatic rings. The SMILES string of the molecule is N#C/C(=C\c1ccc2cn[nH]c2c1)C(N)=O. The number of amides is 1. The molecule has 0 aliphatic carbocycles. The lowest BCUT2D eigenvalue weighted by Crippen LogP contribution is -2.12. The van der Waals surface area contributed by atoms with Gasteiger partial charge in [-0.2, -0.15) is 10.4 Å². The van der Waals surface area contributed by atoms with Crippen molar-refractivity contribution in [3.05, 3.63) is 35.5 Å². The molecule has 5 heteroatoms. The summed E-state index contributed by atoms with van der Waals surface area (Å²) in [5.41, 5.74) is 6.54. The zero-order chi connectivity index (χ0) is 11.5. The fourth-order valence-corrected chi connectivity index (χ4v) is 1.37. The minimum Gasteiger partial charge on any atom is -0.365 e. The van der Waals surface area contributed by atoms with Gasteiger partial charge in [-0.1, -0.05) is 12.1 Å². The van der Waals surface area contributed by atoms with E-state index in [0.717, 1.165) is 16.5 Å². The number of nitrogens with zero attached hydrogens (tertiary/aromatic N) is 2. The van der Waals surface area contributed by atoms with Gasteiger partial charge < -0.3 is 5.73 Å². The van der Waals surface area contributed by atoms with E-state index in [-0.39, 0.29) is 5.57 Å². The van der Waals surface area contributed by atoms with Gasteiger partial charge in [-0.25, -0.2) is 0 Å². The molecule has 0 bridgehead atoms. The van der Waals surface area contributed by atoms with E-state index in [9.17, 15) is 4.79 Å². The summed E-state index contributed by atoms with van der Waals surface area (Å²) < 4.78 is 0. The summed E-state index contributed by atoms with van der Waals surface area (Å²) in [6.45, 7) is 0. The maximum absolute atomic E-state index is 10.9. The molecule has 1 amide bonds. The summed E-state index contributed by atoms with van der Waals surface area (Å²) in [6.07, 6.45) is 3.14. The highest BCUT2D eigenvalue weighted by atomic mass is 16.1. The third-order valence-electron chi connectivity index (χ3n) is 2.16. The number of aromatic nitrogens is 2. The van der Waals surface area contributed by atoms with Crippen molar-refractivity contribution in [2.24, 2.45) is 5.73 Å². The zero-order valence-electron chi connectivity index (χ0n) is 8.27. The van der Waals surface area contributed by atoms with Gasteiger partial charge in [-0.15, -0.1) is 0 Å². The van der Waals surface area contributed by atoms with Crippen LogP contribution in [0.1, 0.15) is 5.56 Å². The van der Waals surface area contributed by atoms with E-state index in [1.54, 1.807) is 24.4 Å². The number of benzene rings is 1. The van der Waals surface area contributed by atoms with Crippen molar-refractivity contribution in [2.75, 3.05) is 0 Å². The molecule has 5 nitrogen and oxygen atoms in total. The average molecular weight is 212 g/mol. The molecule has 1 aromatic carbocycles. The Bertz CT molecular complexity index is 618. The first kappa shape index (κ1) is 9.93. The van der Waals surface area contributed by atoms with Crippen LogP contribution in [-0.2, 0) is 4.79 Å². The first-order valence-corrected chi connectivity index (χ1v) is 4.55. The Morgan fingerprint density at radius 1 is 1.56 bits per heavy atom. The van der Waals surface area contributed by atoms with E-state index in [4.69, 9.17) is 11.0 Å². The summed E-state index contributed by atoms with van der Waals surface area (Å²) >= 11 is 0. The largest absolute Gasteiger partial charge is 0.365 e. The summed E-state index contributed by atoms with van der Waals surface area (Å²) in [7, 11) is 0. The maximum atomic E-state index is 10.9. The predicted molar refractivity (Wildman–Crippen MR) is 58.9 cm³/mol. The van der Waals surface area contributed by atoms with E-state index in [2.05, 4.69) is 10.2 Å². The summed E-state index contributed by atoms with van der Waals surface area (Å²) in [5, 5.41) is 16.3. The summed E-state index contributed by atoms with van der Waals surface area (Å²) in [5.74, 6) is -0.729. The molecule has 0 fully saturated rings. The lowest BCUT2D eigenvalue weighted by atomic mass is 10.1. The molecule has 3 N–H and O–H groups in total. The molecule has 16 heavy (non-hydrogen) atoms. The molecule has 0 aliphatic heterocycles. The van der Waals surface area contributed by atoms with Crippen molar-refractivity contribution in [1.82, 2.24) is 10.2 Å². The third kappa shape index (κ3) is 1.77. The van der Waals surface area contributed by atoms with Crippen molar-refractivity contribution < 1.29 is 4.79 Å². The van der Waals surface area contributed by atoms with E-state index < -0.39 is 5.91 Å². The van der Waals surface area contributed by atoms with Gasteiger partial charge in [0.25, 0.3) is 5.91 Å². The molecule has 0 saturated carbocycles. The first-order chi connectivity index (χ1) is 7.70. The van der Waals surface area contributed by atoms with Crippen LogP contribution in [0.2, 0.25) is 0 Å². The fourth-order valence-electron chi connectivity index (χ4n) is 1.37. The second-order valence-corrected chi connectivity index (χ2v) is 3.25. The number of H-pyrrole nitrogens is 1. The molecule has 0 unspecified atom stereocenters. The highest BCUT2D eigenvalue weighted by Gasteiger charge is 2.03. The topological polar surface area (TPSA) is 95.6 Å². The molecular formula is C11H8N4O. The van der Waals surface area contributed by atoms with Crippen molar-refractivity contribution >= 4 is 22.9 Å². The van der Waals surface area contributed by atoms with Gasteiger partial charge in [0.1, 0.15) is 11.6 Å². The van der Waals surface area contributed by atoms with Crippen LogP contribution in [0.15, 0.2) is 30.0 Å². The summed E-state index contributed by atoms with van der Waals surface area (Å²) in [6, 6.07) is 7.18. The Kier molecular flexibility index (Phi) is 2.40. The van der Waals surface area contributed by atoms with Gasteiger partial charge in [0, 0.05) is 5.39 Å². The summed E-state index contributed by atoms with van der Waals surface area (Å²) in [4.78, 5) is 10.9. The van der Waals surface area contributed by atoms with Gasteiger partial charge in [0.15, 0.2) is 0 Å². The standard InChI is InChI=1S/C11H8N4O/c12-5-9(11(13)16)3-7-1-2-8-6-14-15-10(8)4-7/h1-4,6H,(H2,13,16)(H,14,15)/b9-3+. The van der Waals surface area contributed by atoms with E-state index in [1.807, 2.05) is 6.07 Å². The van der Waals surface area contributed by atoms with Crippen LogP contribution in [-0.4, -0.2) is 16.1 Å². The number of carbonyl (C=O) groups excluding carboxylic acids is 1. The number of nitrogens with two attached hydrogens (primary N) is 1. The Balaban J connectivity index is 2.48. The lowest BCUT2D eigenvalue weighted by Gasteiger charge is -1.95. The van der Waals surface area contributed by atoms with Crippen molar-refractivity contribution in [2.45, 2.75) is 0 Å². The number of primary amides is 1. The Morgan fingerprint density at radius 3 is 3.06 bits per heavy atom. The maximum Gasteiger partial charge on any atom is 0.259 e. The molecule has 1 heterocycles. The molecule has 0 radical (unpaired) electrons. The van der Waals surface area contributed by atoms with Gasteiger partial charge >= 0.3 is 0 Å². The number of hydrogen-bond donors (Lipinski definition) is 2. The minimum absolute atomic E-state index is 0.0705. The number of nitriles is 1. The minimum atomic E-state index is -0.729. The second-order valence-electron chi connectivity index (χ2n) is 3.25. The van der Waals surface area contributed by atoms with Gasteiger partial charge in [0.2, 0.25) is 0 Å². The van der Waals surface area contributed by atoms with Crippen LogP contribution in [0.25, 0.3) is 17.0 Å². The van der Waals surface area contributed by atoms with Gasteiger partial charge in [0.05, 0.1) is 11.7 Å². The van der Waals surface area contributed by atoms with Crippen LogP contribution in [0.4, 0.5) is 0 Å². The fraction of sp³-hybridized carbons (Fsp3) is 0. The van der Waals surface area contributed by atoms with Crippen LogP contribution < -0.4 is 5.73 Å². The highest BCUT2D eigenvalue weighted by Crippen LogP contribution is 2.14. The van der Waals surface area contributed by atoms with E-state index >= 15 is 0 Å². The van der Waals surface area contributed by atoms with E-state index in [0.29, 0.717) is 0 Å². The molecule has 1 aromatic heterocycles. The van der Waals surface area contributed by atoms with E-state index in [1.165, 1.54) is 6.08 Å². The number of aromatic amines is 1. The van der Waals surface area contributed by atoms with Crippen LogP contribution in [0, 0.1) is 11.3 Å². The zero-order valence-corrected chi connectivity index (χ0v) is 8.27. The van der Waals surface area contributed by atoms with Crippen LogP contribution >= 0.6 is 0 Å². The smallest absolute Gasteiger partial charge is 0.259 e. The monoisotopic (exact) mass is 212 g/mol. The van der Waals surface area contributed by atoms with Crippen LogP contribution in [0.5, 0.6) is 0 Å². The predicted octanol–water partition coefficient (Wildman–Crippen LogP) is 0.955. The normalized spacial score (nSPS) is 11.3. The number of fused-ring (bicyclic) bond motifs is 1. The highest BCUT2D eigenvalue weighted by molar-refractivity contribution is 6.00. The number of hydrogen-bond acceptors (Lipinski definition) is 3. The van der Waals surface area contributed by atoms with Gasteiger partial charge in [-0.3, -0.25) is 9.89 Å². The number of carbonyl (C=O) groups is 1. The first-order valence-electron chi connectivity index (χ1n) is 4.55. The van der Waals surface area contributed by atoms with Gasteiger partial charge in [-0.05, 0) is 17.7 Å². The Hall–Kier alpha value is -2.61. The number of rotatable bonds is 2. The van der Waals surface area contributed by atoms with Crippen molar-refractivity contribution in [3.8, 4) is 6.07 Å². The quantitative estimate of drug-likeness (QED) is 0.573. The molecular weight excluding hydrogens is 204 g/mol. The molecule has 0 atom stereocenters. The Labute approximate surface area is 91.2 Å². The molecule has 2 rings (SSSR count). The molecule has 0 saturated heterocycles. The molecule has 78 valence electrons. The second kappa shape index (κ2) is 3.87. The van der Waals surface area contributed by atoms with Crippen LogP contribution in [0.3, 0.4) is 0 Å². The Morgan fingerprint density at radius 2 is 2.38 bits per heavy atom. The lowest BCUT2D eigenvalue weighted by molar-refractivity contribution is -0.114. The average Bonchev–Trinajstić information content (AvgIpc) is 2.72. The molecule has 2 aromatic rings. The third-order valence-corrected chi connectivity index (χ3v) is 2.16. The number of nitrogens with one attached hydrogen (secondary N) is 1. The van der Waals surface area contributed by atoms with Crippen molar-refractivity contribution in [1.29, 1.82) is 5.26 Å².